The molecule has 5 atom stereocenters. The Bertz CT molecular complexity index is 1280. The van der Waals surface area contributed by atoms with Crippen LogP contribution in [0.3, 0.4) is 0 Å². The number of hydrogen-bond acceptors (Lipinski definition) is 11. The number of aromatic nitrogens is 2. The number of aryl methyl sites for hydroxylation is 1. The number of nitrogens with one attached hydrogen (secondary N) is 1. The van der Waals surface area contributed by atoms with Gasteiger partial charge in [-0.1, -0.05) is 19.9 Å². The molecule has 1 aromatic heterocycles. The van der Waals surface area contributed by atoms with Crippen molar-refractivity contribution >= 4 is 15.9 Å². The molecule has 7 N–H and O–H groups in total. The number of carbonyl (C=O) groups is 1. The van der Waals surface area contributed by atoms with Crippen LogP contribution in [0, 0.1) is 6.92 Å². The molecule has 230 valence electrons. The van der Waals surface area contributed by atoms with Gasteiger partial charge in [0.05, 0.1) is 26.0 Å². The van der Waals surface area contributed by atoms with Gasteiger partial charge in [-0.2, -0.15) is 4.31 Å². The number of aromatic amines is 1. The van der Waals surface area contributed by atoms with Gasteiger partial charge in [0.1, 0.15) is 30.2 Å². The first kappa shape index (κ1) is 32.7. The van der Waals surface area contributed by atoms with Crippen molar-refractivity contribution in [1.82, 2.24) is 14.5 Å². The van der Waals surface area contributed by atoms with Crippen molar-refractivity contribution < 1.29 is 47.8 Å². The zero-order valence-corrected chi connectivity index (χ0v) is 24.4. The SMILES string of the molecule is Cc1cc(OCCCN(CC(N)=O)S(C)(=O)=O)ccc1Cc1c(OC2O[C@H](CO)[C@@H](O)[C@H](O)[C@H]2O)n[nH]c1C(C)C. The molecule has 0 aliphatic carbocycles. The Morgan fingerprint density at radius 1 is 1.22 bits per heavy atom. The molecule has 41 heavy (non-hydrogen) atoms. The van der Waals surface area contributed by atoms with Gasteiger partial charge in [0.2, 0.25) is 28.1 Å². The van der Waals surface area contributed by atoms with E-state index in [2.05, 4.69) is 10.2 Å². The third-order valence-electron chi connectivity index (χ3n) is 6.82. The number of nitrogens with zero attached hydrogens (tertiary/aromatic N) is 2. The molecule has 1 unspecified atom stereocenters. The Hall–Kier alpha value is -2.79. The van der Waals surface area contributed by atoms with Gasteiger partial charge in [-0.25, -0.2) is 8.42 Å². The van der Waals surface area contributed by atoms with Crippen LogP contribution in [0.25, 0.3) is 0 Å². The largest absolute Gasteiger partial charge is 0.494 e. The van der Waals surface area contributed by atoms with E-state index in [0.29, 0.717) is 24.2 Å². The van der Waals surface area contributed by atoms with Crippen LogP contribution in [0.4, 0.5) is 0 Å². The number of sulfonamides is 1. The number of H-pyrrole nitrogens is 1. The quantitative estimate of drug-likeness (QED) is 0.146. The zero-order chi connectivity index (χ0) is 30.5. The number of primary amides is 1. The molecule has 15 heteroatoms. The smallest absolute Gasteiger partial charge is 0.238 e. The van der Waals surface area contributed by atoms with E-state index in [4.69, 9.17) is 19.9 Å². The molecule has 1 fully saturated rings. The molecule has 0 bridgehead atoms. The van der Waals surface area contributed by atoms with E-state index in [9.17, 15) is 33.6 Å². The molecule has 1 aliphatic rings. The van der Waals surface area contributed by atoms with Crippen LogP contribution < -0.4 is 15.2 Å². The molecular weight excluding hydrogens is 560 g/mol. The number of aliphatic hydroxyl groups is 4. The van der Waals surface area contributed by atoms with Gasteiger partial charge in [-0.15, -0.1) is 5.10 Å². The van der Waals surface area contributed by atoms with Crippen molar-refractivity contribution in [2.45, 2.75) is 70.2 Å². The molecule has 1 aromatic carbocycles. The van der Waals surface area contributed by atoms with Gasteiger partial charge in [0, 0.05) is 24.2 Å². The lowest BCUT2D eigenvalue weighted by Crippen LogP contribution is -2.60. The molecule has 1 amide bonds. The third kappa shape index (κ3) is 8.38. The molecule has 2 heterocycles. The highest BCUT2D eigenvalue weighted by Crippen LogP contribution is 2.32. The van der Waals surface area contributed by atoms with E-state index in [1.54, 1.807) is 6.07 Å². The fourth-order valence-corrected chi connectivity index (χ4v) is 5.32. The van der Waals surface area contributed by atoms with Crippen LogP contribution in [0.5, 0.6) is 11.6 Å². The monoisotopic (exact) mass is 600 g/mol. The van der Waals surface area contributed by atoms with Crippen LogP contribution >= 0.6 is 0 Å². The van der Waals surface area contributed by atoms with Crippen LogP contribution in [0.1, 0.15) is 48.6 Å². The first-order chi connectivity index (χ1) is 19.2. The Morgan fingerprint density at radius 2 is 1.93 bits per heavy atom. The van der Waals surface area contributed by atoms with Crippen molar-refractivity contribution in [3.05, 3.63) is 40.6 Å². The molecule has 1 aliphatic heterocycles. The predicted octanol–water partition coefficient (Wildman–Crippen LogP) is -0.873. The Balaban J connectivity index is 1.70. The minimum Gasteiger partial charge on any atom is -0.494 e. The summed E-state index contributed by atoms with van der Waals surface area (Å²) >= 11 is 0. The van der Waals surface area contributed by atoms with Crippen molar-refractivity contribution in [3.63, 3.8) is 0 Å². The number of hydrogen-bond donors (Lipinski definition) is 6. The minimum absolute atomic E-state index is 0.0497. The van der Waals surface area contributed by atoms with Gasteiger partial charge in [0.25, 0.3) is 0 Å². The summed E-state index contributed by atoms with van der Waals surface area (Å²) in [5.41, 5.74) is 8.49. The maximum absolute atomic E-state index is 11.8. The lowest BCUT2D eigenvalue weighted by molar-refractivity contribution is -0.278. The van der Waals surface area contributed by atoms with Crippen molar-refractivity contribution in [2.24, 2.45) is 5.73 Å². The Kier molecular flexibility index (Phi) is 11.1. The number of ether oxygens (including phenoxy) is 3. The lowest BCUT2D eigenvalue weighted by Gasteiger charge is -2.39. The summed E-state index contributed by atoms with van der Waals surface area (Å²) in [7, 11) is -3.58. The second-order valence-electron chi connectivity index (χ2n) is 10.4. The zero-order valence-electron chi connectivity index (χ0n) is 23.6. The third-order valence-corrected chi connectivity index (χ3v) is 8.07. The highest BCUT2D eigenvalue weighted by molar-refractivity contribution is 7.88. The van der Waals surface area contributed by atoms with E-state index in [-0.39, 0.29) is 31.5 Å². The minimum atomic E-state index is -3.58. The molecule has 0 radical (unpaired) electrons. The van der Waals surface area contributed by atoms with E-state index >= 15 is 0 Å². The average molecular weight is 601 g/mol. The van der Waals surface area contributed by atoms with Gasteiger partial charge in [-0.05, 0) is 42.5 Å². The van der Waals surface area contributed by atoms with Crippen molar-refractivity contribution in [2.75, 3.05) is 32.6 Å². The first-order valence-corrected chi connectivity index (χ1v) is 15.1. The van der Waals surface area contributed by atoms with E-state index < -0.39 is 53.2 Å². The molecule has 3 rings (SSSR count). The summed E-state index contributed by atoms with van der Waals surface area (Å²) in [6.45, 7) is 5.22. The summed E-state index contributed by atoms with van der Waals surface area (Å²) in [4.78, 5) is 11.2. The molecular formula is C26H40N4O10S. The summed E-state index contributed by atoms with van der Waals surface area (Å²) in [5.74, 6) is 0.0569. The van der Waals surface area contributed by atoms with Crippen molar-refractivity contribution in [3.8, 4) is 11.6 Å². The maximum Gasteiger partial charge on any atom is 0.238 e. The topological polar surface area (TPSA) is 218 Å². The second-order valence-corrected chi connectivity index (χ2v) is 12.4. The van der Waals surface area contributed by atoms with Gasteiger partial charge < -0.3 is 40.4 Å². The molecule has 2 aromatic rings. The number of carbonyl (C=O) groups excluding carboxylic acids is 1. The van der Waals surface area contributed by atoms with E-state index in [1.807, 2.05) is 32.9 Å². The Morgan fingerprint density at radius 3 is 2.51 bits per heavy atom. The average Bonchev–Trinajstić information content (AvgIpc) is 3.29. The summed E-state index contributed by atoms with van der Waals surface area (Å²) in [6.07, 6.45) is -5.36. The summed E-state index contributed by atoms with van der Waals surface area (Å²) in [5, 5.41) is 47.3. The van der Waals surface area contributed by atoms with Gasteiger partial charge >= 0.3 is 0 Å². The Labute approximate surface area is 239 Å². The van der Waals surface area contributed by atoms with E-state index in [1.165, 1.54) is 0 Å². The molecule has 0 saturated carbocycles. The first-order valence-electron chi connectivity index (χ1n) is 13.2. The van der Waals surface area contributed by atoms with Gasteiger partial charge in [0.15, 0.2) is 0 Å². The lowest BCUT2D eigenvalue weighted by atomic mass is 9.96. The number of benzene rings is 1. The second kappa shape index (κ2) is 13.9. The summed E-state index contributed by atoms with van der Waals surface area (Å²) < 4.78 is 41.8. The molecule has 14 nitrogen and oxygen atoms in total. The standard InChI is InChI=1S/C26H40N4O10S/c1-14(2)21-18(25(29-28-21)40-26-24(35)23(34)22(33)19(13-31)39-26)11-16-6-7-17(10-15(16)3)38-9-5-8-30(12-20(27)32)41(4,36)37/h6-7,10,14,19,22-24,26,31,33-35H,5,8-9,11-13H2,1-4H3,(H2,27,32)(H,28,29)/t19-,22-,23+,24-,26?/m1/s1. The highest BCUT2D eigenvalue weighted by Gasteiger charge is 2.45. The number of rotatable bonds is 14. The van der Waals surface area contributed by atoms with Crippen LogP contribution in [0.2, 0.25) is 0 Å². The summed E-state index contributed by atoms with van der Waals surface area (Å²) in [6, 6.07) is 5.52. The van der Waals surface area contributed by atoms with Crippen LogP contribution in [-0.2, 0) is 26.0 Å². The highest BCUT2D eigenvalue weighted by atomic mass is 32.2. The molecule has 1 saturated heterocycles. The number of aliphatic hydroxyl groups excluding tert-OH is 4. The fraction of sp³-hybridized carbons (Fsp3) is 0.615. The number of nitrogens with two attached hydrogens (primary N) is 1. The van der Waals surface area contributed by atoms with Crippen LogP contribution in [0.15, 0.2) is 18.2 Å². The normalized spacial score (nSPS) is 23.2. The van der Waals surface area contributed by atoms with Gasteiger partial charge in [-0.3, -0.25) is 9.89 Å². The fourth-order valence-electron chi connectivity index (χ4n) is 4.50. The van der Waals surface area contributed by atoms with Crippen molar-refractivity contribution in [1.29, 1.82) is 0 Å². The van der Waals surface area contributed by atoms with Crippen LogP contribution in [-0.4, -0.2) is 113 Å². The molecule has 0 spiro atoms. The number of amides is 1. The predicted molar refractivity (Wildman–Crippen MR) is 147 cm³/mol. The van der Waals surface area contributed by atoms with E-state index in [0.717, 1.165) is 27.4 Å². The maximum atomic E-state index is 11.8.